The predicted octanol–water partition coefficient (Wildman–Crippen LogP) is 4.02. The number of hydrogen-bond donors (Lipinski definition) is 1. The molecule has 0 aliphatic rings. The average molecular weight is 460 g/mol. The molecular formula is C14H34AsO4Sn. The summed E-state index contributed by atoms with van der Waals surface area (Å²) in [5.41, 5.74) is 0. The van der Waals surface area contributed by atoms with E-state index in [0.29, 0.717) is 0 Å². The molecule has 20 heavy (non-hydrogen) atoms. The van der Waals surface area contributed by atoms with Gasteiger partial charge < -0.3 is 0 Å². The van der Waals surface area contributed by atoms with Crippen LogP contribution >= 0.6 is 0 Å². The van der Waals surface area contributed by atoms with E-state index in [-0.39, 0.29) is 0 Å². The van der Waals surface area contributed by atoms with Gasteiger partial charge in [-0.05, 0) is 0 Å². The van der Waals surface area contributed by atoms with Crippen LogP contribution in [0.15, 0.2) is 0 Å². The van der Waals surface area contributed by atoms with E-state index in [1.165, 1.54) is 38.5 Å². The maximum atomic E-state index is 10.1. The van der Waals surface area contributed by atoms with Gasteiger partial charge in [-0.25, -0.2) is 0 Å². The number of rotatable bonds is 11. The van der Waals surface area contributed by atoms with Crippen LogP contribution in [0.25, 0.3) is 0 Å². The molecule has 0 aromatic carbocycles. The molecule has 0 heterocycles. The fraction of sp³-hybridized carbons (Fsp3) is 1.00. The van der Waals surface area contributed by atoms with Crippen molar-refractivity contribution in [2.75, 3.05) is 14.2 Å². The van der Waals surface area contributed by atoms with Gasteiger partial charge in [0.05, 0.1) is 0 Å². The van der Waals surface area contributed by atoms with Gasteiger partial charge in [0.25, 0.3) is 0 Å². The second-order valence-electron chi connectivity index (χ2n) is 4.89. The monoisotopic (exact) mass is 461 g/mol. The molecule has 0 aliphatic carbocycles. The topological polar surface area (TPSA) is 55.8 Å². The van der Waals surface area contributed by atoms with E-state index in [0.717, 1.165) is 14.2 Å². The van der Waals surface area contributed by atoms with Gasteiger partial charge >= 0.3 is 136 Å². The van der Waals surface area contributed by atoms with E-state index in [4.69, 9.17) is 4.10 Å². The van der Waals surface area contributed by atoms with Crippen LogP contribution in [0.2, 0.25) is 13.3 Å². The van der Waals surface area contributed by atoms with Gasteiger partial charge in [0.15, 0.2) is 0 Å². The van der Waals surface area contributed by atoms with Crippen LogP contribution in [0.3, 0.4) is 0 Å². The first-order chi connectivity index (χ1) is 9.47. The molecule has 0 saturated carbocycles. The molecule has 0 aliphatic heterocycles. The number of hydrogen-bond acceptors (Lipinski definition) is 3. The van der Waals surface area contributed by atoms with E-state index >= 15 is 0 Å². The summed E-state index contributed by atoms with van der Waals surface area (Å²) >= 11 is -5.03. The third-order valence-electron chi connectivity index (χ3n) is 3.11. The van der Waals surface area contributed by atoms with E-state index in [1.54, 1.807) is 13.3 Å². The Labute approximate surface area is 136 Å². The van der Waals surface area contributed by atoms with Crippen molar-refractivity contribution in [1.82, 2.24) is 0 Å². The van der Waals surface area contributed by atoms with Gasteiger partial charge in [0.2, 0.25) is 0 Å². The van der Waals surface area contributed by atoms with E-state index in [1.807, 2.05) is 0 Å². The van der Waals surface area contributed by atoms with Crippen molar-refractivity contribution in [3.63, 3.8) is 0 Å². The molecule has 0 fully saturated rings. The van der Waals surface area contributed by atoms with E-state index < -0.39 is 34.3 Å². The third-order valence-corrected chi connectivity index (χ3v) is 14.1. The van der Waals surface area contributed by atoms with E-state index in [9.17, 15) is 3.74 Å². The van der Waals surface area contributed by atoms with Crippen molar-refractivity contribution >= 4 is 34.3 Å². The van der Waals surface area contributed by atoms with Crippen molar-refractivity contribution in [3.8, 4) is 0 Å². The fourth-order valence-electron chi connectivity index (χ4n) is 1.73. The van der Waals surface area contributed by atoms with Crippen molar-refractivity contribution in [1.29, 1.82) is 0 Å². The quantitative estimate of drug-likeness (QED) is 0.474. The molecule has 6 heteroatoms. The van der Waals surface area contributed by atoms with Crippen LogP contribution in [0, 0.1) is 0 Å². The minimum absolute atomic E-state index is 0.839. The molecule has 0 rings (SSSR count). The molecule has 0 amide bonds. The zero-order chi connectivity index (χ0) is 15.9. The van der Waals surface area contributed by atoms with Crippen LogP contribution in [-0.2, 0) is 11.2 Å². The van der Waals surface area contributed by atoms with Crippen molar-refractivity contribution in [2.24, 2.45) is 0 Å². The summed E-state index contributed by atoms with van der Waals surface area (Å²) in [6.07, 6.45) is 8.85. The Balaban J connectivity index is 0. The minimum atomic E-state index is -4.19. The Kier molecular flexibility index (Phi) is 19.1. The van der Waals surface area contributed by atoms with Gasteiger partial charge in [-0.1, -0.05) is 0 Å². The first kappa shape index (κ1) is 23.3. The van der Waals surface area contributed by atoms with Gasteiger partial charge in [-0.2, -0.15) is 0 Å². The van der Waals surface area contributed by atoms with Gasteiger partial charge in [0.1, 0.15) is 0 Å². The molecule has 0 aromatic rings. The van der Waals surface area contributed by atoms with Gasteiger partial charge in [0, 0.05) is 0 Å². The summed E-state index contributed by atoms with van der Waals surface area (Å²) in [7, 11) is 2.26. The molecule has 0 spiro atoms. The molecular weight excluding hydrogens is 426 g/mol. The Morgan fingerprint density at radius 1 is 0.850 bits per heavy atom. The molecule has 0 bridgehead atoms. The van der Waals surface area contributed by atoms with Crippen LogP contribution in [0.4, 0.5) is 0 Å². The van der Waals surface area contributed by atoms with Crippen molar-refractivity contribution in [2.45, 2.75) is 72.6 Å². The summed E-state index contributed by atoms with van der Waals surface area (Å²) in [5.74, 6) is 0. The van der Waals surface area contributed by atoms with Crippen LogP contribution in [0.1, 0.15) is 59.3 Å². The Bertz CT molecular complexity index is 212. The molecule has 1 radical (unpaired) electrons. The average Bonchev–Trinajstić information content (AvgIpc) is 2.47. The molecule has 0 aromatic heterocycles. The predicted molar refractivity (Wildman–Crippen MR) is 87.6 cm³/mol. The van der Waals surface area contributed by atoms with Crippen LogP contribution in [-0.4, -0.2) is 52.6 Å². The van der Waals surface area contributed by atoms with E-state index in [2.05, 4.69) is 28.2 Å². The number of unbranched alkanes of at least 4 members (excludes halogenated alkanes) is 3. The molecule has 4 nitrogen and oxygen atoms in total. The SMILES string of the molecule is CCC[CH2][Sn]([CH2]CCC)[CH2]CCC.CO[As](=O)(O)OC. The fourth-order valence-corrected chi connectivity index (χ4v) is 11.5. The zero-order valence-electron chi connectivity index (χ0n) is 14.0. The summed E-state index contributed by atoms with van der Waals surface area (Å²) in [6, 6.07) is 0. The normalized spacial score (nSPS) is 11.3. The Morgan fingerprint density at radius 3 is 1.30 bits per heavy atom. The second-order valence-corrected chi connectivity index (χ2v) is 17.0. The Hall–Kier alpha value is 1.04. The third kappa shape index (κ3) is 17.1. The summed E-state index contributed by atoms with van der Waals surface area (Å²) < 4.78 is 31.5. The molecule has 123 valence electrons. The maximum absolute atomic E-state index is 10.1. The standard InChI is InChI=1S/3C4H9.C2H7AsO4.Sn/c3*1-3-4-2;1-6-3(4,5)7-2;/h3*1,3-4H2,2H3;1-2H3,(H,4,5);. The molecule has 0 saturated heterocycles. The van der Waals surface area contributed by atoms with Gasteiger partial charge in [-0.3, -0.25) is 0 Å². The second kappa shape index (κ2) is 16.4. The first-order valence-electron chi connectivity index (χ1n) is 7.75. The summed E-state index contributed by atoms with van der Waals surface area (Å²) in [5, 5.41) is 0. The van der Waals surface area contributed by atoms with Crippen LogP contribution in [0.5, 0.6) is 0 Å². The molecule has 1 N–H and O–H groups in total. The van der Waals surface area contributed by atoms with Crippen LogP contribution < -0.4 is 0 Å². The van der Waals surface area contributed by atoms with Crippen molar-refractivity contribution in [3.05, 3.63) is 0 Å². The van der Waals surface area contributed by atoms with Crippen molar-refractivity contribution < 1.29 is 15.3 Å². The molecule has 0 unspecified atom stereocenters. The summed E-state index contributed by atoms with van der Waals surface area (Å²) in [6.45, 7) is 7.00. The zero-order valence-corrected chi connectivity index (χ0v) is 18.7. The molecule has 0 atom stereocenters. The Morgan fingerprint density at radius 2 is 1.15 bits per heavy atom. The first-order valence-corrected chi connectivity index (χ1v) is 16.9. The van der Waals surface area contributed by atoms with Gasteiger partial charge in [-0.15, -0.1) is 0 Å². The summed E-state index contributed by atoms with van der Waals surface area (Å²) in [4.78, 5) is 0.